The van der Waals surface area contributed by atoms with Gasteiger partial charge in [-0.15, -0.1) is 0 Å². The number of urea groups is 1. The molecule has 1 saturated carbocycles. The molecule has 1 aromatic carbocycles. The van der Waals surface area contributed by atoms with Crippen LogP contribution in [-0.2, 0) is 9.59 Å². The van der Waals surface area contributed by atoms with Crippen LogP contribution in [0.5, 0.6) is 0 Å². The van der Waals surface area contributed by atoms with E-state index in [9.17, 15) is 14.4 Å². The summed E-state index contributed by atoms with van der Waals surface area (Å²) in [4.78, 5) is 41.6. The predicted molar refractivity (Wildman–Crippen MR) is 115 cm³/mol. The third-order valence-corrected chi connectivity index (χ3v) is 6.98. The molecule has 1 aromatic rings. The van der Waals surface area contributed by atoms with Crippen molar-refractivity contribution < 1.29 is 14.4 Å². The van der Waals surface area contributed by atoms with Crippen molar-refractivity contribution >= 4 is 17.8 Å². The number of aryl methyl sites for hydroxylation is 1. The summed E-state index contributed by atoms with van der Waals surface area (Å²) in [6.45, 7) is 3.19. The van der Waals surface area contributed by atoms with E-state index >= 15 is 0 Å². The van der Waals surface area contributed by atoms with Crippen LogP contribution in [0.3, 0.4) is 0 Å². The highest BCUT2D eigenvalue weighted by Gasteiger charge is 2.52. The first-order valence-electron chi connectivity index (χ1n) is 11.5. The van der Waals surface area contributed by atoms with Gasteiger partial charge in [0, 0.05) is 19.5 Å². The van der Waals surface area contributed by atoms with E-state index in [0.717, 1.165) is 57.9 Å². The minimum absolute atomic E-state index is 0.0927. The molecule has 162 valence electrons. The van der Waals surface area contributed by atoms with Crippen LogP contribution >= 0.6 is 0 Å². The molecule has 6 heteroatoms. The molecular weight excluding hydrogens is 378 g/mol. The van der Waals surface area contributed by atoms with Crippen LogP contribution in [0.25, 0.3) is 0 Å². The molecule has 3 aliphatic rings. The van der Waals surface area contributed by atoms with Crippen molar-refractivity contribution in [2.45, 2.75) is 82.7 Å². The minimum Gasteiger partial charge on any atom is -0.336 e. The van der Waals surface area contributed by atoms with E-state index in [1.807, 2.05) is 4.90 Å². The molecule has 30 heavy (non-hydrogen) atoms. The zero-order valence-electron chi connectivity index (χ0n) is 18.0. The lowest BCUT2D eigenvalue weighted by molar-refractivity contribution is -0.135. The monoisotopic (exact) mass is 411 g/mol. The number of amides is 4. The Morgan fingerprint density at radius 2 is 1.93 bits per heavy atom. The quantitative estimate of drug-likeness (QED) is 0.742. The number of benzene rings is 1. The average Bonchev–Trinajstić information content (AvgIpc) is 3.17. The third kappa shape index (κ3) is 4.09. The van der Waals surface area contributed by atoms with E-state index in [1.54, 1.807) is 0 Å². The van der Waals surface area contributed by atoms with Crippen LogP contribution in [0.2, 0.25) is 0 Å². The van der Waals surface area contributed by atoms with Crippen molar-refractivity contribution in [3.8, 4) is 0 Å². The summed E-state index contributed by atoms with van der Waals surface area (Å²) >= 11 is 0. The third-order valence-electron chi connectivity index (χ3n) is 6.98. The van der Waals surface area contributed by atoms with E-state index in [0.29, 0.717) is 19.4 Å². The van der Waals surface area contributed by atoms with E-state index < -0.39 is 5.54 Å². The van der Waals surface area contributed by atoms with E-state index in [2.05, 4.69) is 36.5 Å². The molecule has 4 amide bonds. The normalized spacial score (nSPS) is 23.7. The maximum atomic E-state index is 13.1. The summed E-state index contributed by atoms with van der Waals surface area (Å²) in [7, 11) is 0. The zero-order chi connectivity index (χ0) is 21.1. The number of imide groups is 1. The second kappa shape index (κ2) is 8.78. The summed E-state index contributed by atoms with van der Waals surface area (Å²) in [6, 6.07) is 8.29. The lowest BCUT2D eigenvalue weighted by Crippen LogP contribution is -2.44. The van der Waals surface area contributed by atoms with Crippen LogP contribution in [0.1, 0.15) is 81.4 Å². The molecule has 1 N–H and O–H groups in total. The first-order chi connectivity index (χ1) is 14.5. The van der Waals surface area contributed by atoms with Gasteiger partial charge in [0.05, 0.1) is 6.04 Å². The second-order valence-corrected chi connectivity index (χ2v) is 9.15. The van der Waals surface area contributed by atoms with Gasteiger partial charge in [0.1, 0.15) is 5.54 Å². The maximum absolute atomic E-state index is 13.1. The lowest BCUT2D eigenvalue weighted by Gasteiger charge is -2.31. The first kappa shape index (κ1) is 20.9. The highest BCUT2D eigenvalue weighted by Crippen LogP contribution is 2.35. The summed E-state index contributed by atoms with van der Waals surface area (Å²) in [6.07, 6.45) is 8.62. The highest BCUT2D eigenvalue weighted by molar-refractivity contribution is 6.07. The topological polar surface area (TPSA) is 69.7 Å². The van der Waals surface area contributed by atoms with Crippen LogP contribution in [0.4, 0.5) is 4.79 Å². The van der Waals surface area contributed by atoms with Gasteiger partial charge in [0.15, 0.2) is 0 Å². The fourth-order valence-corrected chi connectivity index (χ4v) is 5.36. The SMILES string of the molecule is Cc1cccc([C@@H]2CCCCCN2C(=O)CCCN2C(=O)NC3(CCCC3)C2=O)c1. The molecule has 0 aromatic heterocycles. The molecule has 3 fully saturated rings. The Kier molecular flexibility index (Phi) is 6.11. The van der Waals surface area contributed by atoms with E-state index in [-0.39, 0.29) is 23.9 Å². The molecule has 1 spiro atoms. The van der Waals surface area contributed by atoms with E-state index in [1.165, 1.54) is 16.0 Å². The Morgan fingerprint density at radius 3 is 2.70 bits per heavy atom. The molecule has 1 aliphatic carbocycles. The second-order valence-electron chi connectivity index (χ2n) is 9.15. The molecule has 6 nitrogen and oxygen atoms in total. The molecular formula is C24H33N3O3. The van der Waals surface area contributed by atoms with Gasteiger partial charge in [0.25, 0.3) is 5.91 Å². The fourth-order valence-electron chi connectivity index (χ4n) is 5.36. The van der Waals surface area contributed by atoms with Crippen molar-refractivity contribution in [2.75, 3.05) is 13.1 Å². The fraction of sp³-hybridized carbons (Fsp3) is 0.625. The number of nitrogens with zero attached hydrogens (tertiary/aromatic N) is 2. The van der Waals surface area contributed by atoms with Gasteiger partial charge in [-0.1, -0.05) is 55.5 Å². The zero-order valence-corrected chi connectivity index (χ0v) is 18.0. The summed E-state index contributed by atoms with van der Waals surface area (Å²) in [5, 5.41) is 2.91. The Bertz CT molecular complexity index is 816. The molecule has 2 saturated heterocycles. The van der Waals surface area contributed by atoms with Gasteiger partial charge in [0.2, 0.25) is 5.91 Å². The Balaban J connectivity index is 1.37. The molecule has 0 radical (unpaired) electrons. The summed E-state index contributed by atoms with van der Waals surface area (Å²) in [5.41, 5.74) is 1.76. The molecule has 0 unspecified atom stereocenters. The van der Waals surface area contributed by atoms with Crippen molar-refractivity contribution in [2.24, 2.45) is 0 Å². The number of hydrogen-bond acceptors (Lipinski definition) is 3. The van der Waals surface area contributed by atoms with E-state index in [4.69, 9.17) is 0 Å². The minimum atomic E-state index is -0.665. The van der Waals surface area contributed by atoms with Gasteiger partial charge in [-0.05, 0) is 44.6 Å². The average molecular weight is 412 g/mol. The smallest absolute Gasteiger partial charge is 0.325 e. The molecule has 1 atom stereocenters. The van der Waals surface area contributed by atoms with Gasteiger partial charge in [-0.25, -0.2) is 4.79 Å². The van der Waals surface area contributed by atoms with Crippen LogP contribution < -0.4 is 5.32 Å². The predicted octanol–water partition coefficient (Wildman–Crippen LogP) is 4.08. The number of likely N-dealkylation sites (tertiary alicyclic amines) is 1. The van der Waals surface area contributed by atoms with Crippen LogP contribution in [0.15, 0.2) is 24.3 Å². The Labute approximate surface area is 179 Å². The molecule has 0 bridgehead atoms. The van der Waals surface area contributed by atoms with Crippen molar-refractivity contribution in [1.82, 2.24) is 15.1 Å². The van der Waals surface area contributed by atoms with Gasteiger partial charge < -0.3 is 10.2 Å². The maximum Gasteiger partial charge on any atom is 0.325 e. The molecule has 4 rings (SSSR count). The first-order valence-corrected chi connectivity index (χ1v) is 11.5. The molecule has 2 heterocycles. The Morgan fingerprint density at radius 1 is 1.13 bits per heavy atom. The number of carbonyl (C=O) groups excluding carboxylic acids is 3. The van der Waals surface area contributed by atoms with Gasteiger partial charge >= 0.3 is 6.03 Å². The van der Waals surface area contributed by atoms with Gasteiger partial charge in [-0.2, -0.15) is 0 Å². The lowest BCUT2D eigenvalue weighted by atomic mass is 9.98. The Hall–Kier alpha value is -2.37. The van der Waals surface area contributed by atoms with Gasteiger partial charge in [-0.3, -0.25) is 14.5 Å². The highest BCUT2D eigenvalue weighted by atomic mass is 16.2. The largest absolute Gasteiger partial charge is 0.336 e. The standard InChI is InChI=1S/C24H33N3O3/c1-18-9-7-10-19(17-18)20-11-3-2-6-15-26(20)21(28)12-8-16-27-22(29)24(25-23(27)30)13-4-5-14-24/h7,9-10,17,20H,2-6,8,11-16H2,1H3,(H,25,30)/t20-/m0/s1. The summed E-state index contributed by atoms with van der Waals surface area (Å²) < 4.78 is 0. The van der Waals surface area contributed by atoms with Crippen molar-refractivity contribution in [1.29, 1.82) is 0 Å². The number of rotatable bonds is 5. The van der Waals surface area contributed by atoms with Crippen molar-refractivity contribution in [3.05, 3.63) is 35.4 Å². The van der Waals surface area contributed by atoms with Crippen molar-refractivity contribution in [3.63, 3.8) is 0 Å². The summed E-state index contributed by atoms with van der Waals surface area (Å²) in [5.74, 6) is 0.0379. The number of hydrogen-bond donors (Lipinski definition) is 1. The van der Waals surface area contributed by atoms with Crippen LogP contribution in [0, 0.1) is 6.92 Å². The number of carbonyl (C=O) groups is 3. The number of nitrogens with one attached hydrogen (secondary N) is 1. The molecule has 2 aliphatic heterocycles. The van der Waals surface area contributed by atoms with Crippen LogP contribution in [-0.4, -0.2) is 46.3 Å².